The zero-order valence-corrected chi connectivity index (χ0v) is 16.6. The number of nitrogens with zero attached hydrogens (tertiary/aromatic N) is 1. The molecule has 1 saturated heterocycles. The van der Waals surface area contributed by atoms with Gasteiger partial charge in [0.1, 0.15) is 28.1 Å². The van der Waals surface area contributed by atoms with Gasteiger partial charge in [-0.1, -0.05) is 6.42 Å². The molecule has 0 unspecified atom stereocenters. The number of rotatable bonds is 5. The maximum absolute atomic E-state index is 13.1. The van der Waals surface area contributed by atoms with E-state index in [2.05, 4.69) is 10.2 Å². The highest BCUT2D eigenvalue weighted by molar-refractivity contribution is 5.98. The molecule has 2 heterocycles. The average molecular weight is 396 g/mol. The molecule has 29 heavy (non-hydrogen) atoms. The van der Waals surface area contributed by atoms with Crippen LogP contribution in [0, 0.1) is 0 Å². The van der Waals surface area contributed by atoms with Crippen molar-refractivity contribution in [2.24, 2.45) is 0 Å². The molecule has 4 rings (SSSR count). The molecule has 0 aliphatic carbocycles. The number of likely N-dealkylation sites (tertiary alicyclic amines) is 1. The molecule has 1 aliphatic heterocycles. The lowest BCUT2D eigenvalue weighted by Crippen LogP contribution is -2.36. The number of benzene rings is 2. The first-order chi connectivity index (χ1) is 14.1. The Morgan fingerprint density at radius 2 is 1.86 bits per heavy atom. The van der Waals surface area contributed by atoms with Crippen LogP contribution in [-0.4, -0.2) is 44.7 Å². The largest absolute Gasteiger partial charge is 0.496 e. The standard InChI is InChI=1S/C22H24N2O5/c1-27-15-11-18(28-2)21-19(12-15)29-17-7-6-14(10-16(17)22(21)26)23-20(25)13-24-8-4-3-5-9-24/h6-7,10-12H,3-5,8-9,13H2,1-2H3,(H,23,25). The van der Waals surface area contributed by atoms with Gasteiger partial charge in [-0.3, -0.25) is 14.5 Å². The fourth-order valence-electron chi connectivity index (χ4n) is 3.80. The summed E-state index contributed by atoms with van der Waals surface area (Å²) in [4.78, 5) is 27.7. The van der Waals surface area contributed by atoms with Crippen molar-refractivity contribution in [2.75, 3.05) is 39.2 Å². The van der Waals surface area contributed by atoms with Crippen LogP contribution in [0.4, 0.5) is 5.69 Å². The fourth-order valence-corrected chi connectivity index (χ4v) is 3.80. The summed E-state index contributed by atoms with van der Waals surface area (Å²) in [6.45, 7) is 2.26. The molecular formula is C22H24N2O5. The SMILES string of the molecule is COc1cc(OC)c2c(=O)c3cc(NC(=O)CN4CCCCC4)ccc3oc2c1. The van der Waals surface area contributed by atoms with E-state index in [1.165, 1.54) is 13.5 Å². The average Bonchev–Trinajstić information content (AvgIpc) is 2.74. The lowest BCUT2D eigenvalue weighted by molar-refractivity contribution is -0.117. The summed E-state index contributed by atoms with van der Waals surface area (Å²) in [7, 11) is 3.04. The molecule has 0 radical (unpaired) electrons. The normalized spacial score (nSPS) is 14.8. The Morgan fingerprint density at radius 3 is 2.59 bits per heavy atom. The van der Waals surface area contributed by atoms with Gasteiger partial charge in [0.25, 0.3) is 0 Å². The van der Waals surface area contributed by atoms with Crippen molar-refractivity contribution in [3.05, 3.63) is 40.6 Å². The minimum atomic E-state index is -0.215. The Labute approximate surface area is 168 Å². The number of amides is 1. The van der Waals surface area contributed by atoms with Crippen LogP contribution in [0.25, 0.3) is 21.9 Å². The van der Waals surface area contributed by atoms with E-state index in [9.17, 15) is 9.59 Å². The van der Waals surface area contributed by atoms with Gasteiger partial charge in [-0.15, -0.1) is 0 Å². The van der Waals surface area contributed by atoms with Crippen molar-refractivity contribution < 1.29 is 18.7 Å². The Bertz CT molecular complexity index is 1120. The van der Waals surface area contributed by atoms with Crippen molar-refractivity contribution in [1.29, 1.82) is 0 Å². The first-order valence-electron chi connectivity index (χ1n) is 9.74. The van der Waals surface area contributed by atoms with Gasteiger partial charge in [0.05, 0.1) is 26.2 Å². The number of fused-ring (bicyclic) bond motifs is 2. The molecule has 2 aromatic carbocycles. The van der Waals surface area contributed by atoms with Crippen molar-refractivity contribution >= 4 is 33.5 Å². The van der Waals surface area contributed by atoms with Crippen molar-refractivity contribution in [3.63, 3.8) is 0 Å². The zero-order valence-electron chi connectivity index (χ0n) is 16.6. The third-order valence-electron chi connectivity index (χ3n) is 5.27. The molecule has 152 valence electrons. The lowest BCUT2D eigenvalue weighted by atomic mass is 10.1. The van der Waals surface area contributed by atoms with Crippen molar-refractivity contribution in [2.45, 2.75) is 19.3 Å². The van der Waals surface area contributed by atoms with E-state index in [-0.39, 0.29) is 11.3 Å². The van der Waals surface area contributed by atoms with E-state index in [0.717, 1.165) is 25.9 Å². The molecule has 7 heteroatoms. The number of piperidine rings is 1. The summed E-state index contributed by atoms with van der Waals surface area (Å²) in [5, 5.41) is 3.62. The van der Waals surface area contributed by atoms with Gasteiger partial charge in [-0.25, -0.2) is 0 Å². The number of ether oxygens (including phenoxy) is 2. The molecule has 1 aliphatic rings. The van der Waals surface area contributed by atoms with E-state index in [1.54, 1.807) is 37.4 Å². The molecule has 1 amide bonds. The third kappa shape index (κ3) is 3.91. The van der Waals surface area contributed by atoms with E-state index < -0.39 is 0 Å². The van der Waals surface area contributed by atoms with E-state index >= 15 is 0 Å². The number of nitrogens with one attached hydrogen (secondary N) is 1. The predicted molar refractivity (Wildman–Crippen MR) is 112 cm³/mol. The number of carbonyl (C=O) groups excluding carboxylic acids is 1. The molecule has 7 nitrogen and oxygen atoms in total. The quantitative estimate of drug-likeness (QED) is 0.666. The zero-order chi connectivity index (χ0) is 20.4. The van der Waals surface area contributed by atoms with Crippen LogP contribution in [0.5, 0.6) is 11.5 Å². The number of methoxy groups -OCH3 is 2. The van der Waals surface area contributed by atoms with E-state index in [1.807, 2.05) is 0 Å². The minimum absolute atomic E-state index is 0.0845. The minimum Gasteiger partial charge on any atom is -0.496 e. The van der Waals surface area contributed by atoms with Gasteiger partial charge in [0.2, 0.25) is 11.3 Å². The van der Waals surface area contributed by atoms with Crippen molar-refractivity contribution in [1.82, 2.24) is 4.90 Å². The van der Waals surface area contributed by atoms with Crippen LogP contribution < -0.4 is 20.2 Å². The molecule has 0 spiro atoms. The molecular weight excluding hydrogens is 372 g/mol. The first-order valence-corrected chi connectivity index (χ1v) is 9.74. The van der Waals surface area contributed by atoms with Gasteiger partial charge >= 0.3 is 0 Å². The summed E-state index contributed by atoms with van der Waals surface area (Å²) < 4.78 is 16.5. The molecule has 0 saturated carbocycles. The Hall–Kier alpha value is -3.06. The molecule has 0 atom stereocenters. The summed E-state index contributed by atoms with van der Waals surface area (Å²) in [6, 6.07) is 8.39. The Kier molecular flexibility index (Phi) is 5.40. The number of carbonyl (C=O) groups is 1. The Balaban J connectivity index is 1.68. The smallest absolute Gasteiger partial charge is 0.238 e. The topological polar surface area (TPSA) is 81.0 Å². The molecule has 1 fully saturated rings. The summed E-state index contributed by atoms with van der Waals surface area (Å²) >= 11 is 0. The van der Waals surface area contributed by atoms with Crippen molar-refractivity contribution in [3.8, 4) is 11.5 Å². The highest BCUT2D eigenvalue weighted by Crippen LogP contribution is 2.31. The van der Waals surface area contributed by atoms with Crippen LogP contribution in [0.3, 0.4) is 0 Å². The maximum Gasteiger partial charge on any atom is 0.238 e. The lowest BCUT2D eigenvalue weighted by Gasteiger charge is -2.25. The molecule has 1 aromatic heterocycles. The van der Waals surface area contributed by atoms with Gasteiger partial charge in [0, 0.05) is 17.8 Å². The molecule has 1 N–H and O–H groups in total. The van der Waals surface area contributed by atoms with Gasteiger partial charge < -0.3 is 19.2 Å². The van der Waals surface area contributed by atoms with Crippen LogP contribution in [0.1, 0.15) is 19.3 Å². The number of hydrogen-bond donors (Lipinski definition) is 1. The predicted octanol–water partition coefficient (Wildman–Crippen LogP) is 3.39. The van der Waals surface area contributed by atoms with Crippen LogP contribution >= 0.6 is 0 Å². The van der Waals surface area contributed by atoms with Gasteiger partial charge in [-0.2, -0.15) is 0 Å². The molecule has 0 bridgehead atoms. The van der Waals surface area contributed by atoms with E-state index in [0.29, 0.717) is 45.7 Å². The van der Waals surface area contributed by atoms with Crippen LogP contribution in [0.15, 0.2) is 39.5 Å². The second kappa shape index (κ2) is 8.13. The third-order valence-corrected chi connectivity index (χ3v) is 5.27. The summed E-state index contributed by atoms with van der Waals surface area (Å²) in [6.07, 6.45) is 3.48. The monoisotopic (exact) mass is 396 g/mol. The highest BCUT2D eigenvalue weighted by atomic mass is 16.5. The maximum atomic E-state index is 13.1. The Morgan fingerprint density at radius 1 is 1.07 bits per heavy atom. The van der Waals surface area contributed by atoms with Gasteiger partial charge in [0.15, 0.2) is 0 Å². The highest BCUT2D eigenvalue weighted by Gasteiger charge is 2.17. The van der Waals surface area contributed by atoms with Crippen LogP contribution in [0.2, 0.25) is 0 Å². The second-order valence-electron chi connectivity index (χ2n) is 7.23. The number of anilines is 1. The van der Waals surface area contributed by atoms with Gasteiger partial charge in [-0.05, 0) is 44.1 Å². The first kappa shape index (κ1) is 19.3. The number of hydrogen-bond acceptors (Lipinski definition) is 6. The summed E-state index contributed by atoms with van der Waals surface area (Å²) in [5.41, 5.74) is 1.18. The van der Waals surface area contributed by atoms with Crippen LogP contribution in [-0.2, 0) is 4.79 Å². The van der Waals surface area contributed by atoms with E-state index in [4.69, 9.17) is 13.9 Å². The second-order valence-corrected chi connectivity index (χ2v) is 7.23. The summed E-state index contributed by atoms with van der Waals surface area (Å²) in [5.74, 6) is 0.840. The molecule has 3 aromatic rings. The fraction of sp³-hybridized carbons (Fsp3) is 0.364.